The standard InChI is InChI=1S/C12H9N3OS/c13-5-9-1-3-10(4-2-9)12(16)14-6-11-7-17-8-15-11/h1-4,7-8H,6H2,(H,14,16). The molecule has 0 aliphatic rings. The van der Waals surface area contributed by atoms with E-state index in [1.165, 1.54) is 11.3 Å². The number of hydrogen-bond donors (Lipinski definition) is 1. The maximum absolute atomic E-state index is 11.7. The van der Waals surface area contributed by atoms with Gasteiger partial charge < -0.3 is 5.32 Å². The van der Waals surface area contributed by atoms with Gasteiger partial charge in [0.15, 0.2) is 0 Å². The smallest absolute Gasteiger partial charge is 0.251 e. The lowest BCUT2D eigenvalue weighted by molar-refractivity contribution is 0.0950. The van der Waals surface area contributed by atoms with Crippen molar-refractivity contribution in [1.82, 2.24) is 10.3 Å². The highest BCUT2D eigenvalue weighted by molar-refractivity contribution is 7.07. The molecule has 17 heavy (non-hydrogen) atoms. The monoisotopic (exact) mass is 243 g/mol. The van der Waals surface area contributed by atoms with Crippen LogP contribution in [0.1, 0.15) is 21.6 Å². The molecule has 0 unspecified atom stereocenters. The average molecular weight is 243 g/mol. The Hall–Kier alpha value is -2.19. The van der Waals surface area contributed by atoms with Gasteiger partial charge in [0, 0.05) is 10.9 Å². The fourth-order valence-corrected chi connectivity index (χ4v) is 1.85. The minimum Gasteiger partial charge on any atom is -0.346 e. The molecule has 84 valence electrons. The van der Waals surface area contributed by atoms with Gasteiger partial charge in [0.1, 0.15) is 0 Å². The summed E-state index contributed by atoms with van der Waals surface area (Å²) in [5.41, 5.74) is 3.65. The van der Waals surface area contributed by atoms with E-state index in [-0.39, 0.29) is 5.91 Å². The number of aromatic nitrogens is 1. The van der Waals surface area contributed by atoms with Crippen LogP contribution in [-0.4, -0.2) is 10.9 Å². The molecule has 5 heteroatoms. The Morgan fingerprint density at radius 3 is 2.76 bits per heavy atom. The average Bonchev–Trinajstić information content (AvgIpc) is 2.89. The van der Waals surface area contributed by atoms with Crippen LogP contribution in [0.4, 0.5) is 0 Å². The Kier molecular flexibility index (Phi) is 3.48. The van der Waals surface area contributed by atoms with E-state index in [4.69, 9.17) is 5.26 Å². The van der Waals surface area contributed by atoms with Gasteiger partial charge in [0.25, 0.3) is 5.91 Å². The first kappa shape index (κ1) is 11.3. The summed E-state index contributed by atoms with van der Waals surface area (Å²) in [6, 6.07) is 8.52. The highest BCUT2D eigenvalue weighted by atomic mass is 32.1. The van der Waals surface area contributed by atoms with Gasteiger partial charge in [-0.2, -0.15) is 5.26 Å². The maximum atomic E-state index is 11.7. The first-order chi connectivity index (χ1) is 8.29. The number of hydrogen-bond acceptors (Lipinski definition) is 4. The van der Waals surface area contributed by atoms with Crippen molar-refractivity contribution in [2.75, 3.05) is 0 Å². The molecule has 1 amide bonds. The third kappa shape index (κ3) is 2.89. The third-order valence-corrected chi connectivity index (χ3v) is 2.83. The zero-order chi connectivity index (χ0) is 12.1. The predicted octanol–water partition coefficient (Wildman–Crippen LogP) is 1.94. The van der Waals surface area contributed by atoms with Crippen LogP contribution in [0.3, 0.4) is 0 Å². The van der Waals surface area contributed by atoms with Crippen molar-refractivity contribution in [2.45, 2.75) is 6.54 Å². The lowest BCUT2D eigenvalue weighted by Crippen LogP contribution is -2.22. The highest BCUT2D eigenvalue weighted by Gasteiger charge is 2.05. The number of thiazole rings is 1. The second-order valence-electron chi connectivity index (χ2n) is 3.35. The van der Waals surface area contributed by atoms with Crippen LogP contribution < -0.4 is 5.32 Å². The van der Waals surface area contributed by atoms with E-state index in [0.717, 1.165) is 5.69 Å². The molecule has 0 spiro atoms. The Labute approximate surface area is 103 Å². The summed E-state index contributed by atoms with van der Waals surface area (Å²) >= 11 is 1.49. The minimum atomic E-state index is -0.164. The zero-order valence-corrected chi connectivity index (χ0v) is 9.70. The fraction of sp³-hybridized carbons (Fsp3) is 0.0833. The molecule has 1 aromatic heterocycles. The van der Waals surface area contributed by atoms with E-state index in [1.54, 1.807) is 29.8 Å². The Morgan fingerprint density at radius 2 is 2.18 bits per heavy atom. The van der Waals surface area contributed by atoms with E-state index in [1.807, 2.05) is 11.4 Å². The maximum Gasteiger partial charge on any atom is 0.251 e. The van der Waals surface area contributed by atoms with Crippen molar-refractivity contribution in [3.8, 4) is 6.07 Å². The van der Waals surface area contributed by atoms with Crippen molar-refractivity contribution >= 4 is 17.2 Å². The summed E-state index contributed by atoms with van der Waals surface area (Å²) in [5.74, 6) is -0.164. The molecule has 0 saturated heterocycles. The Balaban J connectivity index is 1.97. The van der Waals surface area contributed by atoms with Gasteiger partial charge in [-0.05, 0) is 24.3 Å². The molecule has 1 heterocycles. The molecule has 2 rings (SSSR count). The van der Waals surface area contributed by atoms with Crippen molar-refractivity contribution in [3.63, 3.8) is 0 Å². The van der Waals surface area contributed by atoms with Crippen LogP contribution in [0, 0.1) is 11.3 Å². The van der Waals surface area contributed by atoms with Crippen molar-refractivity contribution in [3.05, 3.63) is 52.0 Å². The van der Waals surface area contributed by atoms with Crippen LogP contribution in [0.2, 0.25) is 0 Å². The van der Waals surface area contributed by atoms with Gasteiger partial charge in [-0.25, -0.2) is 4.98 Å². The number of nitrogens with one attached hydrogen (secondary N) is 1. The van der Waals surface area contributed by atoms with E-state index >= 15 is 0 Å². The molecule has 0 atom stereocenters. The minimum absolute atomic E-state index is 0.164. The van der Waals surface area contributed by atoms with Crippen LogP contribution >= 0.6 is 11.3 Å². The first-order valence-electron chi connectivity index (χ1n) is 4.95. The van der Waals surface area contributed by atoms with Crippen molar-refractivity contribution < 1.29 is 4.79 Å². The van der Waals surface area contributed by atoms with Crippen LogP contribution in [0.15, 0.2) is 35.2 Å². The van der Waals surface area contributed by atoms with E-state index < -0.39 is 0 Å². The summed E-state index contributed by atoms with van der Waals surface area (Å²) in [6.45, 7) is 0.419. The van der Waals surface area contributed by atoms with Gasteiger partial charge in [-0.15, -0.1) is 11.3 Å². The first-order valence-corrected chi connectivity index (χ1v) is 5.89. The van der Waals surface area contributed by atoms with E-state index in [0.29, 0.717) is 17.7 Å². The molecule has 0 aliphatic heterocycles. The molecule has 1 aromatic carbocycles. The molecular weight excluding hydrogens is 234 g/mol. The van der Waals surface area contributed by atoms with E-state index in [2.05, 4.69) is 10.3 Å². The molecule has 0 saturated carbocycles. The number of amides is 1. The molecule has 0 fully saturated rings. The summed E-state index contributed by atoms with van der Waals surface area (Å²) in [4.78, 5) is 15.8. The fourth-order valence-electron chi connectivity index (χ4n) is 1.29. The topological polar surface area (TPSA) is 65.8 Å². The number of rotatable bonds is 3. The lowest BCUT2D eigenvalue weighted by Gasteiger charge is -2.02. The normalized spacial score (nSPS) is 9.59. The van der Waals surface area contributed by atoms with Crippen LogP contribution in [0.25, 0.3) is 0 Å². The molecule has 0 aliphatic carbocycles. The SMILES string of the molecule is N#Cc1ccc(C(=O)NCc2cscn2)cc1. The second-order valence-corrected chi connectivity index (χ2v) is 4.07. The Morgan fingerprint density at radius 1 is 1.41 bits per heavy atom. The van der Waals surface area contributed by atoms with Gasteiger partial charge in [0.2, 0.25) is 0 Å². The quantitative estimate of drug-likeness (QED) is 0.896. The summed E-state index contributed by atoms with van der Waals surface area (Å²) in [6.07, 6.45) is 0. The van der Waals surface area contributed by atoms with Crippen LogP contribution in [0.5, 0.6) is 0 Å². The molecular formula is C12H9N3OS. The third-order valence-electron chi connectivity index (χ3n) is 2.19. The summed E-state index contributed by atoms with van der Waals surface area (Å²) in [7, 11) is 0. The molecule has 2 aromatic rings. The van der Waals surface area contributed by atoms with Crippen LogP contribution in [-0.2, 0) is 6.54 Å². The van der Waals surface area contributed by atoms with Gasteiger partial charge >= 0.3 is 0 Å². The molecule has 0 bridgehead atoms. The highest BCUT2D eigenvalue weighted by Crippen LogP contribution is 2.04. The van der Waals surface area contributed by atoms with E-state index in [9.17, 15) is 4.79 Å². The van der Waals surface area contributed by atoms with Crippen molar-refractivity contribution in [2.24, 2.45) is 0 Å². The predicted molar refractivity (Wildman–Crippen MR) is 64.4 cm³/mol. The number of carbonyl (C=O) groups excluding carboxylic acids is 1. The number of carbonyl (C=O) groups is 1. The van der Waals surface area contributed by atoms with Gasteiger partial charge in [-0.1, -0.05) is 0 Å². The second kappa shape index (κ2) is 5.23. The molecule has 0 radical (unpaired) electrons. The Bertz CT molecular complexity index is 540. The molecule has 4 nitrogen and oxygen atoms in total. The van der Waals surface area contributed by atoms with Gasteiger partial charge in [-0.3, -0.25) is 4.79 Å². The van der Waals surface area contributed by atoms with Crippen molar-refractivity contribution in [1.29, 1.82) is 5.26 Å². The molecule has 1 N–H and O–H groups in total. The lowest BCUT2D eigenvalue weighted by atomic mass is 10.1. The number of benzene rings is 1. The van der Waals surface area contributed by atoms with Gasteiger partial charge in [0.05, 0.1) is 29.4 Å². The number of nitriles is 1. The largest absolute Gasteiger partial charge is 0.346 e. The zero-order valence-electron chi connectivity index (χ0n) is 8.88. The summed E-state index contributed by atoms with van der Waals surface area (Å²) < 4.78 is 0. The summed E-state index contributed by atoms with van der Waals surface area (Å²) in [5, 5.41) is 13.3. The number of nitrogens with zero attached hydrogens (tertiary/aromatic N) is 2.